The van der Waals surface area contributed by atoms with E-state index < -0.39 is 0 Å². The smallest absolute Gasteiger partial charge is 0.0686 e. The van der Waals surface area contributed by atoms with Crippen molar-refractivity contribution in [3.05, 3.63) is 12.2 Å². The molecule has 0 atom stereocenters. The lowest BCUT2D eigenvalue weighted by Gasteiger charge is -2.17. The maximum absolute atomic E-state index is 5.48. The Labute approximate surface area is 82.4 Å². The van der Waals surface area contributed by atoms with Crippen molar-refractivity contribution in [3.63, 3.8) is 0 Å². The zero-order valence-corrected chi connectivity index (χ0v) is 9.44. The van der Waals surface area contributed by atoms with E-state index in [1.54, 1.807) is 0 Å². The summed E-state index contributed by atoms with van der Waals surface area (Å²) in [5.74, 6) is 0. The molecule has 0 heterocycles. The van der Waals surface area contributed by atoms with Gasteiger partial charge in [-0.3, -0.25) is 0 Å². The lowest BCUT2D eigenvalue weighted by Crippen LogP contribution is -2.15. The van der Waals surface area contributed by atoms with Gasteiger partial charge in [-0.05, 0) is 24.5 Å². The maximum atomic E-state index is 5.48. The first kappa shape index (κ1) is 12.7. The molecule has 0 aromatic heterocycles. The third-order valence-electron chi connectivity index (χ3n) is 1.73. The van der Waals surface area contributed by atoms with E-state index in [0.29, 0.717) is 12.0 Å². The standard InChI is InChI=1S/C11H23NO/c1-10(8-12-5)9-13-7-6-11(2,3)4/h12H,1,6-9H2,2-5H3. The Morgan fingerprint density at radius 1 is 1.38 bits per heavy atom. The van der Waals surface area contributed by atoms with Crippen molar-refractivity contribution >= 4 is 0 Å². The van der Waals surface area contributed by atoms with E-state index in [0.717, 1.165) is 25.1 Å². The van der Waals surface area contributed by atoms with Crippen molar-refractivity contribution in [3.8, 4) is 0 Å². The van der Waals surface area contributed by atoms with Crippen LogP contribution >= 0.6 is 0 Å². The van der Waals surface area contributed by atoms with Crippen molar-refractivity contribution in [1.82, 2.24) is 5.32 Å². The highest BCUT2D eigenvalue weighted by atomic mass is 16.5. The molecular formula is C11H23NO. The van der Waals surface area contributed by atoms with E-state index in [9.17, 15) is 0 Å². The molecule has 0 aromatic rings. The van der Waals surface area contributed by atoms with E-state index in [2.05, 4.69) is 32.7 Å². The molecule has 0 rings (SSSR count). The molecule has 0 radical (unpaired) electrons. The molecule has 2 nitrogen and oxygen atoms in total. The fourth-order valence-corrected chi connectivity index (χ4v) is 0.896. The van der Waals surface area contributed by atoms with Gasteiger partial charge in [-0.1, -0.05) is 27.4 Å². The molecule has 13 heavy (non-hydrogen) atoms. The predicted molar refractivity (Wildman–Crippen MR) is 58.0 cm³/mol. The molecule has 0 aromatic carbocycles. The first-order chi connectivity index (χ1) is 5.95. The quantitative estimate of drug-likeness (QED) is 0.506. The summed E-state index contributed by atoms with van der Waals surface area (Å²) < 4.78 is 5.48. The molecule has 0 saturated heterocycles. The van der Waals surface area contributed by atoms with Gasteiger partial charge in [0.2, 0.25) is 0 Å². The molecule has 0 saturated carbocycles. The van der Waals surface area contributed by atoms with Crippen LogP contribution in [0.25, 0.3) is 0 Å². The van der Waals surface area contributed by atoms with Gasteiger partial charge in [-0.2, -0.15) is 0 Å². The van der Waals surface area contributed by atoms with Crippen LogP contribution in [0.3, 0.4) is 0 Å². The number of nitrogens with one attached hydrogen (secondary N) is 1. The molecule has 0 fully saturated rings. The minimum atomic E-state index is 0.365. The van der Waals surface area contributed by atoms with Crippen LogP contribution < -0.4 is 5.32 Å². The number of hydrogen-bond donors (Lipinski definition) is 1. The van der Waals surface area contributed by atoms with Crippen molar-refractivity contribution in [1.29, 1.82) is 0 Å². The van der Waals surface area contributed by atoms with Crippen LogP contribution in [0.4, 0.5) is 0 Å². The van der Waals surface area contributed by atoms with Crippen LogP contribution in [0, 0.1) is 5.41 Å². The number of rotatable bonds is 6. The summed E-state index contributed by atoms with van der Waals surface area (Å²) in [6, 6.07) is 0. The Balaban J connectivity index is 3.31. The summed E-state index contributed by atoms with van der Waals surface area (Å²) in [5.41, 5.74) is 1.47. The Morgan fingerprint density at radius 2 is 2.00 bits per heavy atom. The molecule has 0 aliphatic rings. The third kappa shape index (κ3) is 9.57. The highest BCUT2D eigenvalue weighted by Crippen LogP contribution is 2.17. The zero-order valence-electron chi connectivity index (χ0n) is 9.44. The summed E-state index contributed by atoms with van der Waals surface area (Å²) >= 11 is 0. The molecule has 0 bridgehead atoms. The molecule has 0 spiro atoms. The molecule has 2 heteroatoms. The zero-order chi connectivity index (χ0) is 10.3. The summed E-state index contributed by atoms with van der Waals surface area (Å²) in [4.78, 5) is 0. The van der Waals surface area contributed by atoms with Gasteiger partial charge in [-0.25, -0.2) is 0 Å². The van der Waals surface area contributed by atoms with Crippen LogP contribution in [0.15, 0.2) is 12.2 Å². The van der Waals surface area contributed by atoms with Gasteiger partial charge in [0.1, 0.15) is 0 Å². The Kier molecular flexibility index (Phi) is 6.00. The van der Waals surface area contributed by atoms with Crippen LogP contribution in [0.1, 0.15) is 27.2 Å². The van der Waals surface area contributed by atoms with Crippen LogP contribution in [0.2, 0.25) is 0 Å². The van der Waals surface area contributed by atoms with Crippen LogP contribution in [0.5, 0.6) is 0 Å². The number of ether oxygens (including phenoxy) is 1. The van der Waals surface area contributed by atoms with Crippen molar-refractivity contribution in [2.75, 3.05) is 26.8 Å². The van der Waals surface area contributed by atoms with Crippen LogP contribution in [-0.4, -0.2) is 26.8 Å². The summed E-state index contributed by atoms with van der Waals surface area (Å²) in [5, 5.41) is 3.05. The van der Waals surface area contributed by atoms with E-state index >= 15 is 0 Å². The van der Waals surface area contributed by atoms with E-state index in [4.69, 9.17) is 4.74 Å². The van der Waals surface area contributed by atoms with Gasteiger partial charge >= 0.3 is 0 Å². The first-order valence-electron chi connectivity index (χ1n) is 4.85. The minimum absolute atomic E-state index is 0.365. The molecule has 0 aliphatic heterocycles. The average molecular weight is 185 g/mol. The highest BCUT2D eigenvalue weighted by Gasteiger charge is 2.09. The Hall–Kier alpha value is -0.340. The highest BCUT2D eigenvalue weighted by molar-refractivity contribution is 4.96. The van der Waals surface area contributed by atoms with E-state index in [1.807, 2.05) is 7.05 Å². The second-order valence-electron chi connectivity index (χ2n) is 4.64. The Morgan fingerprint density at radius 3 is 2.46 bits per heavy atom. The molecule has 0 aliphatic carbocycles. The van der Waals surface area contributed by atoms with Gasteiger partial charge in [0.05, 0.1) is 6.61 Å². The minimum Gasteiger partial charge on any atom is -0.377 e. The monoisotopic (exact) mass is 185 g/mol. The first-order valence-corrected chi connectivity index (χ1v) is 4.85. The van der Waals surface area contributed by atoms with Gasteiger partial charge in [0.25, 0.3) is 0 Å². The van der Waals surface area contributed by atoms with Gasteiger partial charge in [-0.15, -0.1) is 0 Å². The second kappa shape index (κ2) is 6.17. The molecule has 1 N–H and O–H groups in total. The average Bonchev–Trinajstić information content (AvgIpc) is 1.97. The summed E-state index contributed by atoms with van der Waals surface area (Å²) in [6.07, 6.45) is 1.10. The normalized spacial score (nSPS) is 11.7. The lowest BCUT2D eigenvalue weighted by atomic mass is 9.93. The topological polar surface area (TPSA) is 21.3 Å². The largest absolute Gasteiger partial charge is 0.377 e. The van der Waals surface area contributed by atoms with Crippen molar-refractivity contribution < 1.29 is 4.74 Å². The fraction of sp³-hybridized carbons (Fsp3) is 0.818. The summed E-state index contributed by atoms with van der Waals surface area (Å²) in [7, 11) is 1.92. The Bertz CT molecular complexity index is 147. The van der Waals surface area contributed by atoms with Crippen molar-refractivity contribution in [2.24, 2.45) is 5.41 Å². The van der Waals surface area contributed by atoms with E-state index in [-0.39, 0.29) is 0 Å². The van der Waals surface area contributed by atoms with Crippen LogP contribution in [-0.2, 0) is 4.74 Å². The van der Waals surface area contributed by atoms with Gasteiger partial charge < -0.3 is 10.1 Å². The van der Waals surface area contributed by atoms with Crippen molar-refractivity contribution in [2.45, 2.75) is 27.2 Å². The third-order valence-corrected chi connectivity index (χ3v) is 1.73. The van der Waals surface area contributed by atoms with Gasteiger partial charge in [0, 0.05) is 13.2 Å². The molecule has 78 valence electrons. The lowest BCUT2D eigenvalue weighted by molar-refractivity contribution is 0.125. The van der Waals surface area contributed by atoms with E-state index in [1.165, 1.54) is 0 Å². The molecule has 0 unspecified atom stereocenters. The number of likely N-dealkylation sites (N-methyl/N-ethyl adjacent to an activating group) is 1. The SMILES string of the molecule is C=C(CNC)COCCC(C)(C)C. The second-order valence-corrected chi connectivity index (χ2v) is 4.64. The molecule has 0 amide bonds. The maximum Gasteiger partial charge on any atom is 0.0686 e. The summed E-state index contributed by atoms with van der Waals surface area (Å²) in [6.45, 7) is 12.9. The van der Waals surface area contributed by atoms with Gasteiger partial charge in [0.15, 0.2) is 0 Å². The number of hydrogen-bond acceptors (Lipinski definition) is 2. The fourth-order valence-electron chi connectivity index (χ4n) is 0.896. The predicted octanol–water partition coefficient (Wildman–Crippen LogP) is 2.21. The molecular weight excluding hydrogens is 162 g/mol.